The molecule has 0 saturated carbocycles. The van der Waals surface area contributed by atoms with E-state index in [4.69, 9.17) is 5.73 Å². The van der Waals surface area contributed by atoms with Crippen LogP contribution < -0.4 is 5.73 Å². The van der Waals surface area contributed by atoms with Gasteiger partial charge in [-0.1, -0.05) is 0 Å². The number of nitrogens with two attached hydrogens (primary N) is 1. The number of benzene rings is 1. The molecule has 74 valence electrons. The van der Waals surface area contributed by atoms with Gasteiger partial charge in [0.15, 0.2) is 0 Å². The van der Waals surface area contributed by atoms with E-state index in [9.17, 15) is 14.0 Å². The van der Waals surface area contributed by atoms with Gasteiger partial charge < -0.3 is 10.5 Å². The number of carbonyl (C=O) groups excluding carboxylic acids is 2. The lowest BCUT2D eigenvalue weighted by Gasteiger charge is -2.01. The van der Waals surface area contributed by atoms with Crippen LogP contribution in [0.15, 0.2) is 18.2 Å². The zero-order valence-electron chi connectivity index (χ0n) is 7.41. The second kappa shape index (κ2) is 3.87. The molecule has 0 atom stereocenters. The maximum Gasteiger partial charge on any atom is 0.337 e. The van der Waals surface area contributed by atoms with Crippen molar-refractivity contribution >= 4 is 11.9 Å². The van der Waals surface area contributed by atoms with E-state index < -0.39 is 17.7 Å². The van der Waals surface area contributed by atoms with Crippen LogP contribution in [0.5, 0.6) is 0 Å². The molecule has 1 amide bonds. The molecule has 2 N–H and O–H groups in total. The summed E-state index contributed by atoms with van der Waals surface area (Å²) in [5.74, 6) is -2.33. The molecule has 1 rings (SSSR count). The van der Waals surface area contributed by atoms with E-state index in [1.165, 1.54) is 13.2 Å². The summed E-state index contributed by atoms with van der Waals surface area (Å²) in [5, 5.41) is 0. The molecule has 0 aliphatic rings. The van der Waals surface area contributed by atoms with Crippen LogP contribution >= 0.6 is 0 Å². The molecule has 0 bridgehead atoms. The number of primary amides is 1. The highest BCUT2D eigenvalue weighted by Gasteiger charge is 2.12. The first-order valence-electron chi connectivity index (χ1n) is 3.74. The summed E-state index contributed by atoms with van der Waals surface area (Å²) in [4.78, 5) is 21.7. The third-order valence-electron chi connectivity index (χ3n) is 1.65. The minimum atomic E-state index is -0.923. The van der Waals surface area contributed by atoms with Crippen LogP contribution in [0.3, 0.4) is 0 Å². The summed E-state index contributed by atoms with van der Waals surface area (Å²) in [6.45, 7) is 0. The number of rotatable bonds is 2. The highest BCUT2D eigenvalue weighted by Crippen LogP contribution is 2.10. The van der Waals surface area contributed by atoms with Crippen molar-refractivity contribution in [3.8, 4) is 0 Å². The normalized spacial score (nSPS) is 9.57. The Hall–Kier alpha value is -1.91. The lowest BCUT2D eigenvalue weighted by atomic mass is 10.1. The monoisotopic (exact) mass is 197 g/mol. The van der Waals surface area contributed by atoms with Gasteiger partial charge in [-0.2, -0.15) is 0 Å². The summed E-state index contributed by atoms with van der Waals surface area (Å²) in [5.41, 5.74) is 4.65. The maximum absolute atomic E-state index is 12.9. The van der Waals surface area contributed by atoms with Crippen molar-refractivity contribution in [3.63, 3.8) is 0 Å². The molecule has 0 fully saturated rings. The Balaban J connectivity index is 3.19. The summed E-state index contributed by atoms with van der Waals surface area (Å²) >= 11 is 0. The summed E-state index contributed by atoms with van der Waals surface area (Å²) in [6, 6.07) is 3.27. The third kappa shape index (κ3) is 1.87. The van der Waals surface area contributed by atoms with E-state index >= 15 is 0 Å². The predicted molar refractivity (Wildman–Crippen MR) is 46.3 cm³/mol. The van der Waals surface area contributed by atoms with Crippen molar-refractivity contribution in [1.29, 1.82) is 0 Å². The Kier molecular flexibility index (Phi) is 2.81. The van der Waals surface area contributed by atoms with Gasteiger partial charge in [-0.05, 0) is 18.2 Å². The van der Waals surface area contributed by atoms with Crippen LogP contribution in [0.2, 0.25) is 0 Å². The Morgan fingerprint density at radius 1 is 1.43 bits per heavy atom. The highest BCUT2D eigenvalue weighted by molar-refractivity contribution is 5.97. The average molecular weight is 197 g/mol. The molecule has 0 aliphatic heterocycles. The molecule has 0 radical (unpaired) electrons. The minimum Gasteiger partial charge on any atom is -0.465 e. The quantitative estimate of drug-likeness (QED) is 0.710. The number of halogens is 1. The molecule has 4 nitrogen and oxygen atoms in total. The van der Waals surface area contributed by atoms with Gasteiger partial charge in [0.05, 0.1) is 18.2 Å². The van der Waals surface area contributed by atoms with E-state index in [0.29, 0.717) is 0 Å². The number of esters is 1. The van der Waals surface area contributed by atoms with Crippen LogP contribution in [0.1, 0.15) is 20.7 Å². The fourth-order valence-corrected chi connectivity index (χ4v) is 0.959. The molecular formula is C9H8FNO3. The van der Waals surface area contributed by atoms with E-state index in [1.54, 1.807) is 0 Å². The van der Waals surface area contributed by atoms with Gasteiger partial charge in [0.2, 0.25) is 0 Å². The van der Waals surface area contributed by atoms with Crippen molar-refractivity contribution < 1.29 is 18.7 Å². The summed E-state index contributed by atoms with van der Waals surface area (Å²) in [6.07, 6.45) is 0. The van der Waals surface area contributed by atoms with Crippen molar-refractivity contribution in [1.82, 2.24) is 0 Å². The Labute approximate surface area is 79.5 Å². The van der Waals surface area contributed by atoms with Gasteiger partial charge >= 0.3 is 5.97 Å². The van der Waals surface area contributed by atoms with Crippen molar-refractivity contribution in [3.05, 3.63) is 35.1 Å². The smallest absolute Gasteiger partial charge is 0.337 e. The van der Waals surface area contributed by atoms with Gasteiger partial charge in [-0.15, -0.1) is 0 Å². The van der Waals surface area contributed by atoms with Crippen molar-refractivity contribution in [2.45, 2.75) is 0 Å². The lowest BCUT2D eigenvalue weighted by Crippen LogP contribution is -2.14. The molecular weight excluding hydrogens is 189 g/mol. The first-order valence-corrected chi connectivity index (χ1v) is 3.74. The highest BCUT2D eigenvalue weighted by atomic mass is 19.1. The van der Waals surface area contributed by atoms with Crippen LogP contribution in [0.4, 0.5) is 4.39 Å². The number of carbonyl (C=O) groups is 2. The topological polar surface area (TPSA) is 69.4 Å². The third-order valence-corrected chi connectivity index (χ3v) is 1.65. The molecule has 5 heteroatoms. The van der Waals surface area contributed by atoms with E-state index in [-0.39, 0.29) is 11.1 Å². The molecule has 0 spiro atoms. The maximum atomic E-state index is 12.9. The first kappa shape index (κ1) is 10.2. The number of amides is 1. The Morgan fingerprint density at radius 2 is 2.07 bits per heavy atom. The van der Waals surface area contributed by atoms with E-state index in [0.717, 1.165) is 12.1 Å². The summed E-state index contributed by atoms with van der Waals surface area (Å²) in [7, 11) is 1.19. The Bertz CT molecular complexity index is 390. The molecule has 1 aromatic carbocycles. The zero-order chi connectivity index (χ0) is 10.7. The van der Waals surface area contributed by atoms with Crippen molar-refractivity contribution in [2.24, 2.45) is 5.73 Å². The number of hydrogen-bond donors (Lipinski definition) is 1. The molecule has 0 heterocycles. The molecule has 0 aliphatic carbocycles. The molecule has 0 unspecified atom stereocenters. The van der Waals surface area contributed by atoms with E-state index in [2.05, 4.69) is 4.74 Å². The van der Waals surface area contributed by atoms with Crippen LogP contribution in [0, 0.1) is 5.82 Å². The molecule has 1 aromatic rings. The fraction of sp³-hybridized carbons (Fsp3) is 0.111. The van der Waals surface area contributed by atoms with Gasteiger partial charge in [0.25, 0.3) is 5.91 Å². The first-order chi connectivity index (χ1) is 6.56. The van der Waals surface area contributed by atoms with Gasteiger partial charge in [0, 0.05) is 0 Å². The predicted octanol–water partition coefficient (Wildman–Crippen LogP) is 0.711. The average Bonchev–Trinajstić information content (AvgIpc) is 2.17. The van der Waals surface area contributed by atoms with Crippen LogP contribution in [-0.2, 0) is 4.74 Å². The largest absolute Gasteiger partial charge is 0.465 e. The fourth-order valence-electron chi connectivity index (χ4n) is 0.959. The standard InChI is InChI=1S/C9H8FNO3/c1-14-9(13)5-2-3-7(10)6(4-5)8(11)12/h2-4H,1H3,(H2,11,12). The van der Waals surface area contributed by atoms with Gasteiger partial charge in [-0.3, -0.25) is 4.79 Å². The molecule has 14 heavy (non-hydrogen) atoms. The van der Waals surface area contributed by atoms with Crippen LogP contribution in [-0.4, -0.2) is 19.0 Å². The van der Waals surface area contributed by atoms with Crippen molar-refractivity contribution in [2.75, 3.05) is 7.11 Å². The number of hydrogen-bond acceptors (Lipinski definition) is 3. The van der Waals surface area contributed by atoms with E-state index in [1.807, 2.05) is 0 Å². The second-order valence-corrected chi connectivity index (χ2v) is 2.55. The molecule has 0 aromatic heterocycles. The van der Waals surface area contributed by atoms with Gasteiger partial charge in [0.1, 0.15) is 5.82 Å². The minimum absolute atomic E-state index is 0.0858. The molecule has 0 saturated heterocycles. The van der Waals surface area contributed by atoms with Crippen LogP contribution in [0.25, 0.3) is 0 Å². The Morgan fingerprint density at radius 3 is 2.57 bits per heavy atom. The second-order valence-electron chi connectivity index (χ2n) is 2.55. The summed E-state index contributed by atoms with van der Waals surface area (Å²) < 4.78 is 17.3. The SMILES string of the molecule is COC(=O)c1ccc(F)c(C(N)=O)c1. The zero-order valence-corrected chi connectivity index (χ0v) is 7.41. The number of methoxy groups -OCH3 is 1. The van der Waals surface area contributed by atoms with Gasteiger partial charge in [-0.25, -0.2) is 9.18 Å². The number of ether oxygens (including phenoxy) is 1. The lowest BCUT2D eigenvalue weighted by molar-refractivity contribution is 0.0600.